The summed E-state index contributed by atoms with van der Waals surface area (Å²) in [6, 6.07) is 7.45. The van der Waals surface area contributed by atoms with Gasteiger partial charge < -0.3 is 9.73 Å². The predicted octanol–water partition coefficient (Wildman–Crippen LogP) is 4.56. The van der Waals surface area contributed by atoms with Crippen molar-refractivity contribution in [2.24, 2.45) is 0 Å². The first kappa shape index (κ1) is 18.5. The van der Waals surface area contributed by atoms with Crippen molar-refractivity contribution in [3.63, 3.8) is 0 Å². The molecule has 0 spiro atoms. The molecule has 0 saturated carbocycles. The molecule has 6 nitrogen and oxygen atoms in total. The van der Waals surface area contributed by atoms with E-state index in [0.29, 0.717) is 34.0 Å². The van der Waals surface area contributed by atoms with E-state index in [4.69, 9.17) is 16.0 Å². The molecule has 0 unspecified atom stereocenters. The minimum atomic E-state index is -0.144. The third kappa shape index (κ3) is 3.94. The van der Waals surface area contributed by atoms with Crippen molar-refractivity contribution >= 4 is 35.0 Å². The second-order valence-electron chi connectivity index (χ2n) is 5.80. The quantitative estimate of drug-likeness (QED) is 0.624. The summed E-state index contributed by atoms with van der Waals surface area (Å²) in [4.78, 5) is 12.3. The van der Waals surface area contributed by atoms with Crippen molar-refractivity contribution in [2.45, 2.75) is 32.5 Å². The van der Waals surface area contributed by atoms with E-state index in [-0.39, 0.29) is 11.7 Å². The lowest BCUT2D eigenvalue weighted by Crippen LogP contribution is -2.16. The smallest absolute Gasteiger partial charge is 0.234 e. The first-order valence-corrected chi connectivity index (χ1v) is 9.52. The van der Waals surface area contributed by atoms with Crippen LogP contribution in [-0.4, -0.2) is 26.4 Å². The van der Waals surface area contributed by atoms with Crippen LogP contribution >= 0.6 is 23.4 Å². The van der Waals surface area contributed by atoms with Gasteiger partial charge in [0.05, 0.1) is 22.7 Å². The van der Waals surface area contributed by atoms with Gasteiger partial charge in [0.1, 0.15) is 0 Å². The van der Waals surface area contributed by atoms with Crippen molar-refractivity contribution in [1.29, 1.82) is 0 Å². The maximum absolute atomic E-state index is 12.3. The van der Waals surface area contributed by atoms with Crippen LogP contribution in [0.15, 0.2) is 40.1 Å². The van der Waals surface area contributed by atoms with E-state index in [0.717, 1.165) is 11.1 Å². The highest BCUT2D eigenvalue weighted by Gasteiger charge is 2.17. The maximum atomic E-state index is 12.3. The van der Waals surface area contributed by atoms with Gasteiger partial charge in [-0.3, -0.25) is 9.36 Å². The predicted molar refractivity (Wildman–Crippen MR) is 104 cm³/mol. The normalized spacial score (nSPS) is 10.9. The molecular weight excluding hydrogens is 372 g/mol. The van der Waals surface area contributed by atoms with Crippen LogP contribution in [0.1, 0.15) is 18.1 Å². The number of hydrogen-bond acceptors (Lipinski definition) is 5. The minimum absolute atomic E-state index is 0.144. The molecule has 136 valence electrons. The Morgan fingerprint density at radius 2 is 2.15 bits per heavy atom. The lowest BCUT2D eigenvalue weighted by Gasteiger charge is -2.11. The molecule has 8 heteroatoms. The molecule has 0 radical (unpaired) electrons. The molecule has 2 heterocycles. The Kier molecular flexibility index (Phi) is 5.68. The van der Waals surface area contributed by atoms with Gasteiger partial charge in [-0.1, -0.05) is 29.4 Å². The van der Waals surface area contributed by atoms with Gasteiger partial charge in [-0.15, -0.1) is 10.2 Å². The number of halogens is 1. The zero-order chi connectivity index (χ0) is 18.7. The topological polar surface area (TPSA) is 73.0 Å². The Bertz CT molecular complexity index is 898. The van der Waals surface area contributed by atoms with Crippen molar-refractivity contribution in [3.05, 3.63) is 46.7 Å². The van der Waals surface area contributed by atoms with Crippen molar-refractivity contribution in [3.8, 4) is 11.6 Å². The molecule has 0 saturated heterocycles. The Hall–Kier alpha value is -2.25. The molecule has 26 heavy (non-hydrogen) atoms. The number of aryl methyl sites for hydroxylation is 2. The van der Waals surface area contributed by atoms with Crippen LogP contribution in [0.25, 0.3) is 11.6 Å². The fourth-order valence-electron chi connectivity index (χ4n) is 2.65. The largest absolute Gasteiger partial charge is 0.461 e. The molecule has 0 aliphatic rings. The fourth-order valence-corrected chi connectivity index (χ4v) is 3.82. The number of carbonyl (C=O) groups excluding carboxylic acids is 1. The maximum Gasteiger partial charge on any atom is 0.234 e. The van der Waals surface area contributed by atoms with Crippen LogP contribution in [-0.2, 0) is 11.3 Å². The first-order chi connectivity index (χ1) is 12.5. The lowest BCUT2D eigenvalue weighted by atomic mass is 10.1. The van der Waals surface area contributed by atoms with Crippen LogP contribution in [0, 0.1) is 13.8 Å². The van der Waals surface area contributed by atoms with Gasteiger partial charge in [0, 0.05) is 6.54 Å². The summed E-state index contributed by atoms with van der Waals surface area (Å²) in [7, 11) is 0. The molecular formula is C18H19ClN4O2S. The minimum Gasteiger partial charge on any atom is -0.461 e. The Morgan fingerprint density at radius 1 is 1.35 bits per heavy atom. The number of amides is 1. The average molecular weight is 391 g/mol. The summed E-state index contributed by atoms with van der Waals surface area (Å²) < 4.78 is 7.31. The molecule has 3 rings (SSSR count). The van der Waals surface area contributed by atoms with Gasteiger partial charge in [-0.2, -0.15) is 0 Å². The zero-order valence-corrected chi connectivity index (χ0v) is 16.3. The van der Waals surface area contributed by atoms with Gasteiger partial charge >= 0.3 is 0 Å². The number of benzene rings is 1. The van der Waals surface area contributed by atoms with Gasteiger partial charge in [0.25, 0.3) is 0 Å². The summed E-state index contributed by atoms with van der Waals surface area (Å²) in [5.41, 5.74) is 2.64. The highest BCUT2D eigenvalue weighted by Crippen LogP contribution is 2.28. The molecule has 3 aromatic rings. The summed E-state index contributed by atoms with van der Waals surface area (Å²) in [6.07, 6.45) is 1.60. The summed E-state index contributed by atoms with van der Waals surface area (Å²) in [5, 5.41) is 12.4. The molecule has 0 bridgehead atoms. The van der Waals surface area contributed by atoms with E-state index in [9.17, 15) is 4.79 Å². The number of nitrogens with zero attached hydrogens (tertiary/aromatic N) is 3. The highest BCUT2D eigenvalue weighted by molar-refractivity contribution is 7.99. The van der Waals surface area contributed by atoms with Gasteiger partial charge in [0.15, 0.2) is 16.7 Å². The molecule has 0 aliphatic heterocycles. The van der Waals surface area contributed by atoms with Crippen LogP contribution in [0.4, 0.5) is 5.69 Å². The van der Waals surface area contributed by atoms with Crippen molar-refractivity contribution < 1.29 is 9.21 Å². The standard InChI is InChI=1S/C18H19ClN4O2S/c1-4-23-17(14-6-5-7-25-14)21-22-18(23)26-10-15(24)20-16-12(3)8-11(2)9-13(16)19/h5-9H,4,10H2,1-3H3,(H,20,24). The third-order valence-electron chi connectivity index (χ3n) is 3.80. The van der Waals surface area contributed by atoms with Crippen LogP contribution in [0.5, 0.6) is 0 Å². The van der Waals surface area contributed by atoms with Gasteiger partial charge in [-0.25, -0.2) is 0 Å². The summed E-state index contributed by atoms with van der Waals surface area (Å²) in [5.74, 6) is 1.37. The molecule has 2 aromatic heterocycles. The average Bonchev–Trinajstić information content (AvgIpc) is 3.24. The number of carbonyl (C=O) groups is 1. The molecule has 0 fully saturated rings. The number of rotatable bonds is 6. The first-order valence-electron chi connectivity index (χ1n) is 8.16. The highest BCUT2D eigenvalue weighted by atomic mass is 35.5. The van der Waals surface area contributed by atoms with Crippen LogP contribution in [0.2, 0.25) is 5.02 Å². The number of aromatic nitrogens is 3. The number of nitrogens with one attached hydrogen (secondary N) is 1. The number of hydrogen-bond donors (Lipinski definition) is 1. The van der Waals surface area contributed by atoms with Gasteiger partial charge in [0.2, 0.25) is 5.91 Å². The van der Waals surface area contributed by atoms with Gasteiger partial charge in [-0.05, 0) is 50.1 Å². The zero-order valence-electron chi connectivity index (χ0n) is 14.7. The van der Waals surface area contributed by atoms with E-state index in [2.05, 4.69) is 15.5 Å². The Balaban J connectivity index is 1.69. The van der Waals surface area contributed by atoms with E-state index in [1.807, 2.05) is 43.5 Å². The summed E-state index contributed by atoms with van der Waals surface area (Å²) >= 11 is 7.57. The van der Waals surface area contributed by atoms with E-state index in [1.165, 1.54) is 11.8 Å². The molecule has 1 amide bonds. The number of anilines is 1. The monoisotopic (exact) mass is 390 g/mol. The number of furan rings is 1. The fraction of sp³-hybridized carbons (Fsp3) is 0.278. The lowest BCUT2D eigenvalue weighted by molar-refractivity contribution is -0.113. The van der Waals surface area contributed by atoms with E-state index >= 15 is 0 Å². The van der Waals surface area contributed by atoms with Crippen LogP contribution in [0.3, 0.4) is 0 Å². The SMILES string of the molecule is CCn1c(SCC(=O)Nc2c(C)cc(C)cc2Cl)nnc1-c1ccco1. The summed E-state index contributed by atoms with van der Waals surface area (Å²) in [6.45, 7) is 6.56. The second-order valence-corrected chi connectivity index (χ2v) is 7.15. The van der Waals surface area contributed by atoms with E-state index < -0.39 is 0 Å². The van der Waals surface area contributed by atoms with Crippen LogP contribution < -0.4 is 5.32 Å². The third-order valence-corrected chi connectivity index (χ3v) is 5.07. The second kappa shape index (κ2) is 7.97. The molecule has 1 N–H and O–H groups in total. The molecule has 1 aromatic carbocycles. The molecule has 0 aliphatic carbocycles. The Morgan fingerprint density at radius 3 is 2.81 bits per heavy atom. The van der Waals surface area contributed by atoms with E-state index in [1.54, 1.807) is 12.3 Å². The number of thioether (sulfide) groups is 1. The molecule has 0 atom stereocenters. The van der Waals surface area contributed by atoms with Crippen molar-refractivity contribution in [1.82, 2.24) is 14.8 Å². The Labute approximate surface area is 160 Å². The van der Waals surface area contributed by atoms with Crippen molar-refractivity contribution in [2.75, 3.05) is 11.1 Å².